The van der Waals surface area contributed by atoms with Crippen molar-refractivity contribution in [1.82, 2.24) is 0 Å². The molecule has 3 aliphatic carbocycles. The Morgan fingerprint density at radius 2 is 1.11 bits per heavy atom. The summed E-state index contributed by atoms with van der Waals surface area (Å²) in [5, 5.41) is 20.2. The van der Waals surface area contributed by atoms with Crippen molar-refractivity contribution in [1.29, 1.82) is 0 Å². The quantitative estimate of drug-likeness (QED) is 0.367. The molecule has 0 bridgehead atoms. The van der Waals surface area contributed by atoms with E-state index in [9.17, 15) is 10.2 Å². The molecule has 0 aromatic rings. The first kappa shape index (κ1) is 29.3. The van der Waals surface area contributed by atoms with E-state index in [4.69, 9.17) is 18.9 Å². The first-order chi connectivity index (χ1) is 16.8. The van der Waals surface area contributed by atoms with Gasteiger partial charge in [-0.2, -0.15) is 0 Å². The highest BCUT2D eigenvalue weighted by molar-refractivity contribution is 4.90. The standard InChI is InChI=1S/C29H54O6/c1-21-8-10-22(11-9-21)29(2,3)23-12-14-26(15-13-23)33-19-25(31)20-35-28-7-5-6-27(16-28)34-18-24(30)17-32-4/h21-28,30-31H,5-20H2,1-4H3. The van der Waals surface area contributed by atoms with Crippen molar-refractivity contribution in [2.45, 2.75) is 128 Å². The maximum Gasteiger partial charge on any atom is 0.101 e. The van der Waals surface area contributed by atoms with E-state index < -0.39 is 12.2 Å². The molecule has 0 heterocycles. The molecule has 3 aliphatic rings. The average Bonchev–Trinajstić information content (AvgIpc) is 2.86. The summed E-state index contributed by atoms with van der Waals surface area (Å²) in [5.41, 5.74) is 0.432. The average molecular weight is 499 g/mol. The van der Waals surface area contributed by atoms with Crippen molar-refractivity contribution in [3.63, 3.8) is 0 Å². The first-order valence-electron chi connectivity index (χ1n) is 14.5. The van der Waals surface area contributed by atoms with Gasteiger partial charge in [-0.1, -0.05) is 33.6 Å². The van der Waals surface area contributed by atoms with E-state index in [1.165, 1.54) is 38.5 Å². The van der Waals surface area contributed by atoms with E-state index in [0.29, 0.717) is 25.2 Å². The monoisotopic (exact) mass is 498 g/mol. The molecule has 35 heavy (non-hydrogen) atoms. The molecule has 0 aliphatic heterocycles. The minimum absolute atomic E-state index is 0.100. The van der Waals surface area contributed by atoms with E-state index >= 15 is 0 Å². The fraction of sp³-hybridized carbons (Fsp3) is 1.00. The second kappa shape index (κ2) is 14.6. The summed E-state index contributed by atoms with van der Waals surface area (Å²) in [5.74, 6) is 2.58. The van der Waals surface area contributed by atoms with Gasteiger partial charge in [0.25, 0.3) is 0 Å². The fourth-order valence-electron chi connectivity index (χ4n) is 6.75. The fourth-order valence-corrected chi connectivity index (χ4v) is 6.75. The topological polar surface area (TPSA) is 77.4 Å². The molecule has 3 rings (SSSR count). The normalized spacial score (nSPS) is 34.5. The number of aliphatic hydroxyl groups excluding tert-OH is 2. The predicted molar refractivity (Wildman–Crippen MR) is 138 cm³/mol. The van der Waals surface area contributed by atoms with Gasteiger partial charge in [0, 0.05) is 7.11 Å². The third kappa shape index (κ3) is 9.54. The second-order valence-corrected chi connectivity index (χ2v) is 12.4. The summed E-state index contributed by atoms with van der Waals surface area (Å²) in [7, 11) is 1.58. The minimum atomic E-state index is -0.586. The molecule has 0 spiro atoms. The van der Waals surface area contributed by atoms with Gasteiger partial charge in [0.15, 0.2) is 0 Å². The summed E-state index contributed by atoms with van der Waals surface area (Å²) < 4.78 is 22.9. The van der Waals surface area contributed by atoms with Crippen LogP contribution in [0.3, 0.4) is 0 Å². The zero-order valence-electron chi connectivity index (χ0n) is 23.0. The van der Waals surface area contributed by atoms with Crippen LogP contribution >= 0.6 is 0 Å². The molecular formula is C29H54O6. The highest BCUT2D eigenvalue weighted by Gasteiger charge is 2.40. The van der Waals surface area contributed by atoms with Crippen molar-refractivity contribution in [3.8, 4) is 0 Å². The smallest absolute Gasteiger partial charge is 0.101 e. The van der Waals surface area contributed by atoms with Gasteiger partial charge in [-0.3, -0.25) is 0 Å². The van der Waals surface area contributed by atoms with E-state index in [0.717, 1.165) is 56.3 Å². The van der Waals surface area contributed by atoms with Gasteiger partial charge in [0.2, 0.25) is 0 Å². The van der Waals surface area contributed by atoms with Crippen molar-refractivity contribution in [3.05, 3.63) is 0 Å². The summed E-state index contributed by atoms with van der Waals surface area (Å²) in [6.45, 7) is 8.69. The Morgan fingerprint density at radius 1 is 0.657 bits per heavy atom. The molecule has 4 unspecified atom stereocenters. The summed E-state index contributed by atoms with van der Waals surface area (Å²) in [6, 6.07) is 0. The van der Waals surface area contributed by atoms with Gasteiger partial charge < -0.3 is 29.2 Å². The molecule has 6 nitrogen and oxygen atoms in total. The zero-order chi connectivity index (χ0) is 25.3. The van der Waals surface area contributed by atoms with E-state index in [2.05, 4.69) is 20.8 Å². The number of hydrogen-bond donors (Lipinski definition) is 2. The van der Waals surface area contributed by atoms with Gasteiger partial charge in [-0.15, -0.1) is 0 Å². The maximum absolute atomic E-state index is 10.5. The van der Waals surface area contributed by atoms with Gasteiger partial charge in [0.1, 0.15) is 12.2 Å². The van der Waals surface area contributed by atoms with Crippen LogP contribution in [0.5, 0.6) is 0 Å². The van der Waals surface area contributed by atoms with E-state index in [1.54, 1.807) is 7.11 Å². The van der Waals surface area contributed by atoms with Crippen LogP contribution in [-0.2, 0) is 18.9 Å². The van der Waals surface area contributed by atoms with Crippen LogP contribution in [0.4, 0.5) is 0 Å². The second-order valence-electron chi connectivity index (χ2n) is 12.4. The molecular weight excluding hydrogens is 444 g/mol. The van der Waals surface area contributed by atoms with Crippen LogP contribution < -0.4 is 0 Å². The Labute approximate surface area is 214 Å². The molecule has 0 aromatic carbocycles. The Hall–Kier alpha value is -0.240. The van der Waals surface area contributed by atoms with Crippen LogP contribution in [0.1, 0.15) is 97.8 Å². The van der Waals surface area contributed by atoms with Crippen LogP contribution in [0, 0.1) is 23.2 Å². The third-order valence-corrected chi connectivity index (χ3v) is 9.30. The lowest BCUT2D eigenvalue weighted by atomic mass is 9.60. The highest BCUT2D eigenvalue weighted by Crippen LogP contribution is 2.49. The summed E-state index contributed by atoms with van der Waals surface area (Å²) in [4.78, 5) is 0. The molecule has 0 radical (unpaired) electrons. The van der Waals surface area contributed by atoms with Gasteiger partial charge >= 0.3 is 0 Å². The van der Waals surface area contributed by atoms with Crippen molar-refractivity contribution >= 4 is 0 Å². The van der Waals surface area contributed by atoms with Crippen molar-refractivity contribution in [2.75, 3.05) is 33.5 Å². The molecule has 206 valence electrons. The number of aliphatic hydroxyl groups is 2. The third-order valence-electron chi connectivity index (χ3n) is 9.30. The Bertz CT molecular complexity index is 568. The maximum atomic E-state index is 10.5. The molecule has 0 saturated heterocycles. The van der Waals surface area contributed by atoms with E-state index in [1.807, 2.05) is 0 Å². The molecule has 3 saturated carbocycles. The lowest BCUT2D eigenvalue weighted by Gasteiger charge is -2.46. The Morgan fingerprint density at radius 3 is 1.63 bits per heavy atom. The zero-order valence-corrected chi connectivity index (χ0v) is 23.0. The molecule has 0 aromatic heterocycles. The molecule has 6 heteroatoms. The SMILES string of the molecule is COCC(O)COC1CCCC(OCC(O)COC2CCC(C(C)(C)C3CCC(C)CC3)CC2)C1. The van der Waals surface area contributed by atoms with Crippen molar-refractivity contribution in [2.24, 2.45) is 23.2 Å². The largest absolute Gasteiger partial charge is 0.388 e. The predicted octanol–water partition coefficient (Wildman–Crippen LogP) is 5.13. The lowest BCUT2D eigenvalue weighted by molar-refractivity contribution is -0.102. The van der Waals surface area contributed by atoms with Crippen LogP contribution in [0.25, 0.3) is 0 Å². The van der Waals surface area contributed by atoms with E-state index in [-0.39, 0.29) is 24.9 Å². The Kier molecular flexibility index (Phi) is 12.3. The molecule has 3 fully saturated rings. The number of ether oxygens (including phenoxy) is 4. The van der Waals surface area contributed by atoms with Gasteiger partial charge in [0.05, 0.1) is 44.7 Å². The molecule has 4 atom stereocenters. The van der Waals surface area contributed by atoms with Crippen LogP contribution in [0.2, 0.25) is 0 Å². The summed E-state index contributed by atoms with van der Waals surface area (Å²) in [6.07, 6.45) is 13.5. The lowest BCUT2D eigenvalue weighted by Crippen LogP contribution is -2.38. The van der Waals surface area contributed by atoms with Crippen LogP contribution in [-0.4, -0.2) is 74.3 Å². The number of rotatable bonds is 13. The summed E-state index contributed by atoms with van der Waals surface area (Å²) >= 11 is 0. The molecule has 2 N–H and O–H groups in total. The van der Waals surface area contributed by atoms with Crippen molar-refractivity contribution < 1.29 is 29.2 Å². The van der Waals surface area contributed by atoms with Gasteiger partial charge in [-0.25, -0.2) is 0 Å². The Balaban J connectivity index is 1.28. The number of hydrogen-bond acceptors (Lipinski definition) is 6. The first-order valence-corrected chi connectivity index (χ1v) is 14.5. The van der Waals surface area contributed by atoms with Gasteiger partial charge in [-0.05, 0) is 87.4 Å². The minimum Gasteiger partial charge on any atom is -0.388 e. The molecule has 0 amide bonds. The highest BCUT2D eigenvalue weighted by atomic mass is 16.5. The van der Waals surface area contributed by atoms with Crippen LogP contribution in [0.15, 0.2) is 0 Å². The number of methoxy groups -OCH3 is 1.